The number of fused-ring (bicyclic) bond motifs is 3. The van der Waals surface area contributed by atoms with Crippen molar-refractivity contribution in [3.63, 3.8) is 0 Å². The largest absolute Gasteiger partial charge is 0.497 e. The first kappa shape index (κ1) is 19.8. The summed E-state index contributed by atoms with van der Waals surface area (Å²) in [6.45, 7) is 1.67. The number of anilines is 1. The minimum atomic E-state index is -3.88. The van der Waals surface area contributed by atoms with E-state index in [0.717, 1.165) is 0 Å². The number of furan rings is 1. The summed E-state index contributed by atoms with van der Waals surface area (Å²) in [6.07, 6.45) is 0. The molecule has 30 heavy (non-hydrogen) atoms. The quantitative estimate of drug-likeness (QED) is 0.474. The van der Waals surface area contributed by atoms with Gasteiger partial charge in [0.05, 0.1) is 24.8 Å². The van der Waals surface area contributed by atoms with Crippen molar-refractivity contribution in [2.75, 3.05) is 18.9 Å². The van der Waals surface area contributed by atoms with Crippen LogP contribution in [0.3, 0.4) is 0 Å². The standard InChI is InChI=1S/C22H19NO6S/c1-13-20(22(24)28-3)18-12-19(16-6-4-5-7-17(16)21(18)29-13)23-30(25,26)15-10-8-14(27-2)9-11-15/h4-12,23H,1-3H3. The molecule has 0 aliphatic rings. The lowest BCUT2D eigenvalue weighted by Gasteiger charge is -2.12. The molecule has 154 valence electrons. The maximum atomic E-state index is 13.0. The summed E-state index contributed by atoms with van der Waals surface area (Å²) < 4.78 is 44.4. The second-order valence-corrected chi connectivity index (χ2v) is 8.33. The molecular weight excluding hydrogens is 406 g/mol. The Morgan fingerprint density at radius 3 is 2.27 bits per heavy atom. The Bertz CT molecular complexity index is 1370. The molecule has 0 bridgehead atoms. The number of aryl methyl sites for hydroxylation is 1. The van der Waals surface area contributed by atoms with Gasteiger partial charge in [0.1, 0.15) is 22.7 Å². The number of rotatable bonds is 5. The van der Waals surface area contributed by atoms with E-state index in [0.29, 0.717) is 38.9 Å². The summed E-state index contributed by atoms with van der Waals surface area (Å²) in [5.74, 6) is 0.403. The zero-order chi connectivity index (χ0) is 21.5. The van der Waals surface area contributed by atoms with Crippen molar-refractivity contribution in [1.82, 2.24) is 0 Å². The highest BCUT2D eigenvalue weighted by atomic mass is 32.2. The van der Waals surface area contributed by atoms with Crippen molar-refractivity contribution in [2.45, 2.75) is 11.8 Å². The number of carbonyl (C=O) groups excluding carboxylic acids is 1. The molecule has 0 spiro atoms. The van der Waals surface area contributed by atoms with Crippen LogP contribution in [0.2, 0.25) is 0 Å². The third-order valence-electron chi connectivity index (χ3n) is 4.88. The molecule has 0 aliphatic heterocycles. The van der Waals surface area contributed by atoms with Crippen molar-refractivity contribution >= 4 is 43.4 Å². The molecule has 1 N–H and O–H groups in total. The summed E-state index contributed by atoms with van der Waals surface area (Å²) in [5.41, 5.74) is 1.10. The van der Waals surface area contributed by atoms with Gasteiger partial charge in [-0.15, -0.1) is 0 Å². The number of nitrogens with one attached hydrogen (secondary N) is 1. The number of hydrogen-bond donors (Lipinski definition) is 1. The number of benzene rings is 3. The van der Waals surface area contributed by atoms with Gasteiger partial charge in [0.25, 0.3) is 10.0 Å². The number of ether oxygens (including phenoxy) is 2. The normalized spacial score (nSPS) is 11.6. The van der Waals surface area contributed by atoms with Crippen LogP contribution < -0.4 is 9.46 Å². The van der Waals surface area contributed by atoms with Crippen LogP contribution in [0.4, 0.5) is 5.69 Å². The summed E-state index contributed by atoms with van der Waals surface area (Å²) in [5, 5.41) is 1.80. The van der Waals surface area contributed by atoms with Gasteiger partial charge in [0, 0.05) is 16.2 Å². The molecule has 0 saturated carbocycles. The molecule has 1 aromatic heterocycles. The Labute approximate surface area is 173 Å². The average molecular weight is 425 g/mol. The van der Waals surface area contributed by atoms with Crippen LogP contribution in [0.15, 0.2) is 63.9 Å². The lowest BCUT2D eigenvalue weighted by molar-refractivity contribution is 0.0600. The average Bonchev–Trinajstić information content (AvgIpc) is 3.09. The molecule has 4 rings (SSSR count). The molecule has 3 aromatic carbocycles. The Balaban J connectivity index is 1.91. The first-order chi connectivity index (χ1) is 14.4. The number of esters is 1. The first-order valence-corrected chi connectivity index (χ1v) is 10.5. The number of sulfonamides is 1. The molecule has 0 fully saturated rings. The molecular formula is C22H19NO6S. The monoisotopic (exact) mass is 425 g/mol. The third kappa shape index (κ3) is 3.25. The van der Waals surface area contributed by atoms with Crippen molar-refractivity contribution in [3.05, 3.63) is 65.9 Å². The predicted octanol–water partition coefficient (Wildman–Crippen LogP) is 4.49. The molecule has 0 saturated heterocycles. The topological polar surface area (TPSA) is 94.8 Å². The molecule has 4 aromatic rings. The van der Waals surface area contributed by atoms with E-state index in [4.69, 9.17) is 13.9 Å². The van der Waals surface area contributed by atoms with E-state index in [2.05, 4.69) is 4.72 Å². The first-order valence-electron chi connectivity index (χ1n) is 9.05. The molecule has 0 atom stereocenters. The van der Waals surface area contributed by atoms with E-state index >= 15 is 0 Å². The van der Waals surface area contributed by atoms with Crippen molar-refractivity contribution in [2.24, 2.45) is 0 Å². The van der Waals surface area contributed by atoms with Gasteiger partial charge in [0.15, 0.2) is 0 Å². The van der Waals surface area contributed by atoms with Crippen LogP contribution in [0, 0.1) is 6.92 Å². The predicted molar refractivity (Wildman–Crippen MR) is 114 cm³/mol. The molecule has 0 aliphatic carbocycles. The van der Waals surface area contributed by atoms with Gasteiger partial charge >= 0.3 is 5.97 Å². The highest BCUT2D eigenvalue weighted by molar-refractivity contribution is 7.92. The lowest BCUT2D eigenvalue weighted by atomic mass is 10.0. The Hall–Kier alpha value is -3.52. The van der Waals surface area contributed by atoms with Crippen LogP contribution in [0.25, 0.3) is 21.7 Å². The number of carbonyl (C=O) groups is 1. The Kier molecular flexibility index (Phi) is 4.87. The fourth-order valence-corrected chi connectivity index (χ4v) is 4.51. The summed E-state index contributed by atoms with van der Waals surface area (Å²) in [6, 6.07) is 14.9. The molecule has 8 heteroatoms. The van der Waals surface area contributed by atoms with Gasteiger partial charge in [-0.1, -0.05) is 24.3 Å². The van der Waals surface area contributed by atoms with Crippen LogP contribution in [-0.2, 0) is 14.8 Å². The van der Waals surface area contributed by atoms with E-state index in [1.54, 1.807) is 37.3 Å². The molecule has 0 amide bonds. The Morgan fingerprint density at radius 2 is 1.63 bits per heavy atom. The van der Waals surface area contributed by atoms with Crippen LogP contribution in [-0.4, -0.2) is 28.6 Å². The third-order valence-corrected chi connectivity index (χ3v) is 6.26. The van der Waals surface area contributed by atoms with Crippen LogP contribution in [0.5, 0.6) is 5.75 Å². The molecule has 0 unspecified atom stereocenters. The fourth-order valence-electron chi connectivity index (χ4n) is 3.44. The minimum absolute atomic E-state index is 0.0871. The van der Waals surface area contributed by atoms with Crippen LogP contribution in [0.1, 0.15) is 16.1 Å². The zero-order valence-electron chi connectivity index (χ0n) is 16.6. The maximum absolute atomic E-state index is 13.0. The van der Waals surface area contributed by atoms with Crippen molar-refractivity contribution in [3.8, 4) is 5.75 Å². The Morgan fingerprint density at radius 1 is 0.967 bits per heavy atom. The van der Waals surface area contributed by atoms with E-state index in [1.165, 1.54) is 26.4 Å². The van der Waals surface area contributed by atoms with Gasteiger partial charge in [-0.3, -0.25) is 4.72 Å². The summed E-state index contributed by atoms with van der Waals surface area (Å²) in [4.78, 5) is 12.4. The molecule has 1 heterocycles. The van der Waals surface area contributed by atoms with Crippen LogP contribution >= 0.6 is 0 Å². The minimum Gasteiger partial charge on any atom is -0.497 e. The van der Waals surface area contributed by atoms with Crippen molar-refractivity contribution < 1.29 is 27.1 Å². The van der Waals surface area contributed by atoms with Crippen molar-refractivity contribution in [1.29, 1.82) is 0 Å². The van der Waals surface area contributed by atoms with Gasteiger partial charge in [-0.25, -0.2) is 13.2 Å². The fraction of sp³-hybridized carbons (Fsp3) is 0.136. The number of hydrogen-bond acceptors (Lipinski definition) is 6. The maximum Gasteiger partial charge on any atom is 0.342 e. The highest BCUT2D eigenvalue weighted by Gasteiger charge is 2.23. The van der Waals surface area contributed by atoms with E-state index in [1.807, 2.05) is 12.1 Å². The second-order valence-electron chi connectivity index (χ2n) is 6.65. The smallest absolute Gasteiger partial charge is 0.342 e. The van der Waals surface area contributed by atoms with Gasteiger partial charge in [-0.2, -0.15) is 0 Å². The van der Waals surface area contributed by atoms with Gasteiger partial charge < -0.3 is 13.9 Å². The number of methoxy groups -OCH3 is 2. The zero-order valence-corrected chi connectivity index (χ0v) is 17.4. The van der Waals surface area contributed by atoms with E-state index in [-0.39, 0.29) is 10.5 Å². The lowest BCUT2D eigenvalue weighted by Crippen LogP contribution is -2.13. The SMILES string of the molecule is COC(=O)c1c(C)oc2c1cc(NS(=O)(=O)c1ccc(OC)cc1)c1ccccc12. The van der Waals surface area contributed by atoms with E-state index in [9.17, 15) is 13.2 Å². The summed E-state index contributed by atoms with van der Waals surface area (Å²) in [7, 11) is -1.09. The second kappa shape index (κ2) is 7.38. The van der Waals surface area contributed by atoms with Gasteiger partial charge in [-0.05, 0) is 37.3 Å². The highest BCUT2D eigenvalue weighted by Crippen LogP contribution is 2.37. The van der Waals surface area contributed by atoms with Gasteiger partial charge in [0.2, 0.25) is 0 Å². The molecule has 0 radical (unpaired) electrons. The molecule has 7 nitrogen and oxygen atoms in total. The summed E-state index contributed by atoms with van der Waals surface area (Å²) >= 11 is 0. The van der Waals surface area contributed by atoms with E-state index < -0.39 is 16.0 Å².